The van der Waals surface area contributed by atoms with Crippen molar-refractivity contribution in [3.8, 4) is 11.1 Å². The molecule has 0 saturated carbocycles. The van der Waals surface area contributed by atoms with Gasteiger partial charge in [0.05, 0.1) is 5.69 Å². The zero-order chi connectivity index (χ0) is 24.8. The number of para-hydroxylation sites is 2. The van der Waals surface area contributed by atoms with Crippen molar-refractivity contribution in [3.05, 3.63) is 137 Å². The van der Waals surface area contributed by atoms with Gasteiger partial charge in [0.25, 0.3) is 0 Å². The summed E-state index contributed by atoms with van der Waals surface area (Å²) >= 11 is 0. The average Bonchev–Trinajstić information content (AvgIpc) is 3.21. The summed E-state index contributed by atoms with van der Waals surface area (Å²) in [5.74, 6) is 0. The predicted octanol–water partition coefficient (Wildman–Crippen LogP) is 9.37. The van der Waals surface area contributed by atoms with Crippen LogP contribution in [0.2, 0.25) is 0 Å². The third-order valence-corrected chi connectivity index (χ3v) is 7.59. The van der Waals surface area contributed by atoms with Crippen LogP contribution in [0.3, 0.4) is 0 Å². The van der Waals surface area contributed by atoms with E-state index >= 15 is 0 Å². The topological polar surface area (TPSA) is 6.48 Å². The number of anilines is 4. The molecule has 3 aliphatic rings. The lowest BCUT2D eigenvalue weighted by atomic mass is 9.98. The molecule has 0 spiro atoms. The lowest BCUT2D eigenvalue weighted by Gasteiger charge is -2.30. The van der Waals surface area contributed by atoms with Crippen molar-refractivity contribution in [1.82, 2.24) is 0 Å². The Morgan fingerprint density at radius 3 is 2.00 bits per heavy atom. The largest absolute Gasteiger partial charge is 0.344 e. The molecule has 2 aliphatic heterocycles. The molecular weight excluding hydrogens is 448 g/mol. The number of nitrogens with zero attached hydrogens (tertiary/aromatic N) is 2. The molecule has 37 heavy (non-hydrogen) atoms. The fourth-order valence-electron chi connectivity index (χ4n) is 5.71. The molecule has 7 rings (SSSR count). The highest BCUT2D eigenvalue weighted by atomic mass is 15.2. The fourth-order valence-corrected chi connectivity index (χ4v) is 5.71. The van der Waals surface area contributed by atoms with Gasteiger partial charge in [0.2, 0.25) is 0 Å². The molecule has 0 bridgehead atoms. The number of rotatable bonds is 2. The molecule has 4 aromatic carbocycles. The van der Waals surface area contributed by atoms with Gasteiger partial charge in [0.15, 0.2) is 0 Å². The van der Waals surface area contributed by atoms with Crippen LogP contribution in [0.15, 0.2) is 120 Å². The first-order chi connectivity index (χ1) is 18.3. The van der Waals surface area contributed by atoms with Crippen LogP contribution in [0.1, 0.15) is 29.5 Å². The lowest BCUT2D eigenvalue weighted by Crippen LogP contribution is -2.18. The summed E-state index contributed by atoms with van der Waals surface area (Å²) < 4.78 is 0. The van der Waals surface area contributed by atoms with Crippen molar-refractivity contribution in [2.24, 2.45) is 0 Å². The van der Waals surface area contributed by atoms with E-state index in [2.05, 4.69) is 144 Å². The van der Waals surface area contributed by atoms with Crippen molar-refractivity contribution in [2.45, 2.75) is 12.8 Å². The van der Waals surface area contributed by atoms with E-state index in [1.54, 1.807) is 0 Å². The van der Waals surface area contributed by atoms with Gasteiger partial charge in [0, 0.05) is 29.8 Å². The van der Waals surface area contributed by atoms with Gasteiger partial charge in [-0.15, -0.1) is 0 Å². The summed E-state index contributed by atoms with van der Waals surface area (Å²) in [7, 11) is 2.15. The monoisotopic (exact) mass is 476 g/mol. The Bertz CT molecular complexity index is 1640. The minimum Gasteiger partial charge on any atom is -0.344 e. The van der Waals surface area contributed by atoms with Crippen LogP contribution >= 0.6 is 0 Å². The summed E-state index contributed by atoms with van der Waals surface area (Å²) in [4.78, 5) is 4.70. The van der Waals surface area contributed by atoms with Crippen LogP contribution in [0, 0.1) is 0 Å². The molecule has 2 nitrogen and oxygen atoms in total. The van der Waals surface area contributed by atoms with Gasteiger partial charge in [-0.25, -0.2) is 0 Å². The van der Waals surface area contributed by atoms with E-state index in [0.717, 1.165) is 12.8 Å². The van der Waals surface area contributed by atoms with Gasteiger partial charge in [-0.1, -0.05) is 85.0 Å². The highest BCUT2D eigenvalue weighted by molar-refractivity contribution is 5.91. The molecule has 0 atom stereocenters. The molecule has 4 aromatic rings. The standard InChI is InChI=1S/C35H28N2/c1-36-32-13-7-5-9-25(32)15-17-29-23-27(19-21-33(29)36)28-20-22-35-30(24-28)18-16-26-10-6-8-14-34(26)37(35)31-11-3-2-4-12-31/h2-5,7,9-24H,6,8H2,1H3. The molecule has 0 saturated heterocycles. The van der Waals surface area contributed by atoms with Crippen LogP contribution in [0.5, 0.6) is 0 Å². The Morgan fingerprint density at radius 2 is 1.16 bits per heavy atom. The molecule has 0 aromatic heterocycles. The normalized spacial score (nSPS) is 15.5. The summed E-state index contributed by atoms with van der Waals surface area (Å²) in [5, 5.41) is 0. The highest BCUT2D eigenvalue weighted by Gasteiger charge is 2.23. The second-order valence-corrected chi connectivity index (χ2v) is 9.83. The highest BCUT2D eigenvalue weighted by Crippen LogP contribution is 2.42. The quantitative estimate of drug-likeness (QED) is 0.284. The second-order valence-electron chi connectivity index (χ2n) is 9.83. The van der Waals surface area contributed by atoms with Crippen molar-refractivity contribution in [1.29, 1.82) is 0 Å². The van der Waals surface area contributed by atoms with E-state index in [9.17, 15) is 0 Å². The molecule has 2 heteroatoms. The Labute approximate surface area is 218 Å². The molecule has 0 amide bonds. The van der Waals surface area contributed by atoms with Crippen LogP contribution in [0.4, 0.5) is 22.7 Å². The molecular formula is C35H28N2. The van der Waals surface area contributed by atoms with E-state index in [-0.39, 0.29) is 0 Å². The number of hydrogen-bond acceptors (Lipinski definition) is 2. The van der Waals surface area contributed by atoms with Gasteiger partial charge in [-0.05, 0) is 88.7 Å². The fraction of sp³-hybridized carbons (Fsp3) is 0.0857. The molecule has 0 fully saturated rings. The molecule has 1 aliphatic carbocycles. The SMILES string of the molecule is CN1c2ccccc2C=Cc2cc(-c3ccc4c(c3)C=CC3=CCCC=C3N4c3ccccc3)ccc21. The first kappa shape index (κ1) is 21.7. The molecule has 178 valence electrons. The van der Waals surface area contributed by atoms with Gasteiger partial charge in [-0.3, -0.25) is 0 Å². The molecule has 2 heterocycles. The van der Waals surface area contributed by atoms with Crippen LogP contribution in [-0.4, -0.2) is 7.05 Å². The van der Waals surface area contributed by atoms with E-state index < -0.39 is 0 Å². The summed E-state index contributed by atoms with van der Waals surface area (Å²) in [5.41, 5.74) is 13.6. The number of benzene rings is 4. The van der Waals surface area contributed by atoms with Crippen molar-refractivity contribution < 1.29 is 0 Å². The lowest BCUT2D eigenvalue weighted by molar-refractivity contribution is 0.982. The average molecular weight is 477 g/mol. The summed E-state index contributed by atoms with van der Waals surface area (Å²) in [6.07, 6.45) is 15.9. The maximum absolute atomic E-state index is 2.41. The van der Waals surface area contributed by atoms with E-state index in [1.165, 1.54) is 61.8 Å². The van der Waals surface area contributed by atoms with Crippen molar-refractivity contribution >= 4 is 41.0 Å². The maximum atomic E-state index is 2.41. The van der Waals surface area contributed by atoms with Crippen molar-refractivity contribution in [2.75, 3.05) is 16.8 Å². The van der Waals surface area contributed by atoms with Crippen LogP contribution < -0.4 is 9.80 Å². The van der Waals surface area contributed by atoms with E-state index in [1.807, 2.05) is 0 Å². The third kappa shape index (κ3) is 3.73. The summed E-state index contributed by atoms with van der Waals surface area (Å²) in [6, 6.07) is 33.0. The Kier molecular flexibility index (Phi) is 5.18. The third-order valence-electron chi connectivity index (χ3n) is 7.59. The maximum Gasteiger partial charge on any atom is 0.0534 e. The Hall–Kier alpha value is -4.56. The smallest absolute Gasteiger partial charge is 0.0534 e. The number of hydrogen-bond donors (Lipinski definition) is 0. The summed E-state index contributed by atoms with van der Waals surface area (Å²) in [6.45, 7) is 0. The minimum absolute atomic E-state index is 1.07. The Balaban J connectivity index is 1.33. The van der Waals surface area contributed by atoms with E-state index in [4.69, 9.17) is 0 Å². The van der Waals surface area contributed by atoms with Crippen molar-refractivity contribution in [3.63, 3.8) is 0 Å². The van der Waals surface area contributed by atoms with Gasteiger partial charge in [0.1, 0.15) is 0 Å². The van der Waals surface area contributed by atoms with Crippen LogP contribution in [-0.2, 0) is 0 Å². The zero-order valence-corrected chi connectivity index (χ0v) is 20.9. The van der Waals surface area contributed by atoms with Crippen LogP contribution in [0.25, 0.3) is 29.4 Å². The van der Waals surface area contributed by atoms with Gasteiger partial charge >= 0.3 is 0 Å². The molecule has 0 N–H and O–H groups in total. The molecule has 0 radical (unpaired) electrons. The number of fused-ring (bicyclic) bond motifs is 4. The first-order valence-electron chi connectivity index (χ1n) is 13.0. The number of allylic oxidation sites excluding steroid dienone is 3. The van der Waals surface area contributed by atoms with Gasteiger partial charge in [-0.2, -0.15) is 0 Å². The zero-order valence-electron chi connectivity index (χ0n) is 20.9. The Morgan fingerprint density at radius 1 is 0.541 bits per heavy atom. The second kappa shape index (κ2) is 8.83. The predicted molar refractivity (Wildman–Crippen MR) is 158 cm³/mol. The first-order valence-corrected chi connectivity index (χ1v) is 13.0. The van der Waals surface area contributed by atoms with Gasteiger partial charge < -0.3 is 9.80 Å². The van der Waals surface area contributed by atoms with E-state index in [0.29, 0.717) is 0 Å². The minimum atomic E-state index is 1.07. The molecule has 0 unspecified atom stereocenters.